The van der Waals surface area contributed by atoms with E-state index in [4.69, 9.17) is 5.11 Å². The van der Waals surface area contributed by atoms with E-state index in [2.05, 4.69) is 43.0 Å². The zero-order chi connectivity index (χ0) is 13.0. The van der Waals surface area contributed by atoms with Crippen LogP contribution in [0, 0.1) is 12.8 Å². The molecule has 1 aromatic rings. The van der Waals surface area contributed by atoms with Gasteiger partial charge in [-0.2, -0.15) is 0 Å². The number of hydrogen-bond donors (Lipinski definition) is 1. The lowest BCUT2D eigenvalue weighted by atomic mass is 10.0. The second-order valence-electron chi connectivity index (χ2n) is 4.77. The first-order valence-corrected chi connectivity index (χ1v) is 5.91. The van der Waals surface area contributed by atoms with Crippen LogP contribution in [0.3, 0.4) is 0 Å². The molecule has 1 aromatic carbocycles. The summed E-state index contributed by atoms with van der Waals surface area (Å²) in [4.78, 5) is 12.9. The number of carboxylic acid groups (broad SMARTS) is 1. The van der Waals surface area contributed by atoms with Gasteiger partial charge in [-0.05, 0) is 26.5 Å². The van der Waals surface area contributed by atoms with E-state index in [0.29, 0.717) is 6.54 Å². The van der Waals surface area contributed by atoms with Crippen molar-refractivity contribution in [3.63, 3.8) is 0 Å². The van der Waals surface area contributed by atoms with Gasteiger partial charge in [0.1, 0.15) is 0 Å². The van der Waals surface area contributed by atoms with E-state index in [1.54, 1.807) is 6.92 Å². The van der Waals surface area contributed by atoms with Crippen LogP contribution < -0.4 is 0 Å². The number of aliphatic carboxylic acids is 1. The Balaban J connectivity index is 2.66. The van der Waals surface area contributed by atoms with Gasteiger partial charge in [0.25, 0.3) is 0 Å². The highest BCUT2D eigenvalue weighted by atomic mass is 16.4. The van der Waals surface area contributed by atoms with E-state index in [9.17, 15) is 4.79 Å². The number of hydrogen-bond acceptors (Lipinski definition) is 2. The Morgan fingerprint density at radius 2 is 1.82 bits per heavy atom. The standard InChI is InChI=1S/C14H21NO2/c1-10-5-7-13(8-6-10)12(3)15(4)9-11(2)14(16)17/h5-8,11-12H,9H2,1-4H3,(H,16,17). The number of aryl methyl sites for hydroxylation is 1. The third kappa shape index (κ3) is 3.86. The van der Waals surface area contributed by atoms with Crippen molar-refractivity contribution in [2.45, 2.75) is 26.8 Å². The van der Waals surface area contributed by atoms with E-state index < -0.39 is 5.97 Å². The SMILES string of the molecule is Cc1ccc(C(C)N(C)CC(C)C(=O)O)cc1. The molecule has 1 rings (SSSR count). The Morgan fingerprint density at radius 3 is 2.29 bits per heavy atom. The van der Waals surface area contributed by atoms with Crippen molar-refractivity contribution in [1.29, 1.82) is 0 Å². The molecular weight excluding hydrogens is 214 g/mol. The van der Waals surface area contributed by atoms with Crippen LogP contribution in [0.4, 0.5) is 0 Å². The number of carbonyl (C=O) groups is 1. The highest BCUT2D eigenvalue weighted by Crippen LogP contribution is 2.20. The van der Waals surface area contributed by atoms with Crippen LogP contribution in [-0.4, -0.2) is 29.6 Å². The summed E-state index contributed by atoms with van der Waals surface area (Å²) >= 11 is 0. The normalized spacial score (nSPS) is 14.6. The second kappa shape index (κ2) is 5.82. The van der Waals surface area contributed by atoms with Crippen molar-refractivity contribution in [3.8, 4) is 0 Å². The van der Waals surface area contributed by atoms with Crippen LogP contribution in [-0.2, 0) is 4.79 Å². The predicted octanol–water partition coefficient (Wildman–Crippen LogP) is 2.71. The zero-order valence-electron chi connectivity index (χ0n) is 11.0. The van der Waals surface area contributed by atoms with Crippen molar-refractivity contribution in [2.24, 2.45) is 5.92 Å². The van der Waals surface area contributed by atoms with Gasteiger partial charge in [0.15, 0.2) is 0 Å². The number of nitrogens with zero attached hydrogens (tertiary/aromatic N) is 1. The lowest BCUT2D eigenvalue weighted by Gasteiger charge is -2.26. The second-order valence-corrected chi connectivity index (χ2v) is 4.77. The smallest absolute Gasteiger partial charge is 0.307 e. The van der Waals surface area contributed by atoms with Gasteiger partial charge in [-0.3, -0.25) is 9.69 Å². The third-order valence-corrected chi connectivity index (χ3v) is 3.20. The molecule has 0 spiro atoms. The first-order valence-electron chi connectivity index (χ1n) is 5.91. The van der Waals surface area contributed by atoms with E-state index in [1.165, 1.54) is 11.1 Å². The molecule has 0 bridgehead atoms. The fourth-order valence-electron chi connectivity index (χ4n) is 1.77. The molecule has 0 amide bonds. The van der Waals surface area contributed by atoms with Gasteiger partial charge >= 0.3 is 5.97 Å². The summed E-state index contributed by atoms with van der Waals surface area (Å²) < 4.78 is 0. The maximum Gasteiger partial charge on any atom is 0.307 e. The van der Waals surface area contributed by atoms with Crippen molar-refractivity contribution in [2.75, 3.05) is 13.6 Å². The Labute approximate surface area is 103 Å². The minimum absolute atomic E-state index is 0.234. The lowest BCUT2D eigenvalue weighted by Crippen LogP contribution is -2.30. The summed E-state index contributed by atoms with van der Waals surface area (Å²) in [5, 5.41) is 8.89. The predicted molar refractivity (Wildman–Crippen MR) is 69.0 cm³/mol. The molecule has 0 fully saturated rings. The van der Waals surface area contributed by atoms with Crippen LogP contribution in [0.1, 0.15) is 31.0 Å². The molecule has 0 aliphatic carbocycles. The first kappa shape index (κ1) is 13.7. The fraction of sp³-hybridized carbons (Fsp3) is 0.500. The molecule has 17 heavy (non-hydrogen) atoms. The van der Waals surface area contributed by atoms with Gasteiger partial charge < -0.3 is 5.11 Å². The molecule has 0 saturated heterocycles. The molecule has 0 radical (unpaired) electrons. The van der Waals surface area contributed by atoms with E-state index in [0.717, 1.165) is 0 Å². The number of benzene rings is 1. The van der Waals surface area contributed by atoms with Gasteiger partial charge in [-0.25, -0.2) is 0 Å². The maximum atomic E-state index is 10.8. The summed E-state index contributed by atoms with van der Waals surface area (Å²) in [6, 6.07) is 8.60. The highest BCUT2D eigenvalue weighted by molar-refractivity contribution is 5.69. The molecule has 2 atom stereocenters. The van der Waals surface area contributed by atoms with Crippen molar-refractivity contribution in [3.05, 3.63) is 35.4 Å². The van der Waals surface area contributed by atoms with Crippen LogP contribution in [0.5, 0.6) is 0 Å². The van der Waals surface area contributed by atoms with Gasteiger partial charge in [0.2, 0.25) is 0 Å². The molecule has 0 heterocycles. The molecule has 0 saturated carbocycles. The van der Waals surface area contributed by atoms with Crippen LogP contribution >= 0.6 is 0 Å². The van der Waals surface area contributed by atoms with Gasteiger partial charge in [0.05, 0.1) is 5.92 Å². The Bertz CT molecular complexity index is 372. The van der Waals surface area contributed by atoms with Crippen molar-refractivity contribution < 1.29 is 9.90 Å². The largest absolute Gasteiger partial charge is 0.481 e. The topological polar surface area (TPSA) is 40.5 Å². The van der Waals surface area contributed by atoms with E-state index in [-0.39, 0.29) is 12.0 Å². The molecule has 1 N–H and O–H groups in total. The Kier molecular flexibility index (Phi) is 4.70. The quantitative estimate of drug-likeness (QED) is 0.853. The average Bonchev–Trinajstić information content (AvgIpc) is 2.28. The summed E-state index contributed by atoms with van der Waals surface area (Å²) in [7, 11) is 1.96. The Hall–Kier alpha value is -1.35. The summed E-state index contributed by atoms with van der Waals surface area (Å²) in [6.45, 7) is 6.45. The monoisotopic (exact) mass is 235 g/mol. The molecule has 94 valence electrons. The molecule has 0 aliphatic heterocycles. The zero-order valence-corrected chi connectivity index (χ0v) is 11.0. The number of rotatable bonds is 5. The summed E-state index contributed by atoms with van der Waals surface area (Å²) in [5.74, 6) is -1.08. The highest BCUT2D eigenvalue weighted by Gasteiger charge is 2.18. The van der Waals surface area contributed by atoms with Crippen LogP contribution in [0.2, 0.25) is 0 Å². The van der Waals surface area contributed by atoms with E-state index >= 15 is 0 Å². The third-order valence-electron chi connectivity index (χ3n) is 3.20. The maximum absolute atomic E-state index is 10.8. The molecule has 3 nitrogen and oxygen atoms in total. The Morgan fingerprint density at radius 1 is 1.29 bits per heavy atom. The average molecular weight is 235 g/mol. The van der Waals surface area contributed by atoms with Gasteiger partial charge in [-0.15, -0.1) is 0 Å². The number of carboxylic acids is 1. The van der Waals surface area contributed by atoms with Gasteiger partial charge in [0, 0.05) is 12.6 Å². The minimum Gasteiger partial charge on any atom is -0.481 e. The lowest BCUT2D eigenvalue weighted by molar-refractivity contribution is -0.141. The molecule has 2 unspecified atom stereocenters. The van der Waals surface area contributed by atoms with E-state index in [1.807, 2.05) is 7.05 Å². The van der Waals surface area contributed by atoms with Gasteiger partial charge in [-0.1, -0.05) is 36.8 Å². The molecular formula is C14H21NO2. The molecule has 3 heteroatoms. The van der Waals surface area contributed by atoms with Crippen LogP contribution in [0.25, 0.3) is 0 Å². The van der Waals surface area contributed by atoms with Crippen molar-refractivity contribution in [1.82, 2.24) is 4.90 Å². The van der Waals surface area contributed by atoms with Crippen LogP contribution in [0.15, 0.2) is 24.3 Å². The molecule has 0 aliphatic rings. The summed E-state index contributed by atoms with van der Waals surface area (Å²) in [6.07, 6.45) is 0. The van der Waals surface area contributed by atoms with Crippen molar-refractivity contribution >= 4 is 5.97 Å². The fourth-order valence-corrected chi connectivity index (χ4v) is 1.77. The first-order chi connectivity index (χ1) is 7.91. The minimum atomic E-state index is -0.743. The summed E-state index contributed by atoms with van der Waals surface area (Å²) in [5.41, 5.74) is 2.46. The molecule has 0 aromatic heterocycles.